The molecule has 9 heteroatoms. The lowest BCUT2D eigenvalue weighted by atomic mass is 9.32. The Labute approximate surface area is 322 Å². The first-order valence-corrected chi connectivity index (χ1v) is 21.2. The first-order valence-electron chi connectivity index (χ1n) is 21.2. The van der Waals surface area contributed by atoms with E-state index in [2.05, 4.69) is 76.6 Å². The largest absolute Gasteiger partial charge is 0.493 e. The van der Waals surface area contributed by atoms with E-state index in [1.807, 2.05) is 6.26 Å². The third-order valence-corrected chi connectivity index (χ3v) is 17.4. The number of nitrogens with two attached hydrogens (primary N) is 1. The Morgan fingerprint density at radius 1 is 0.944 bits per heavy atom. The normalized spacial score (nSPS) is 37.2. The number of aromatic amines is 2. The third kappa shape index (κ3) is 4.98. The standard InChI is InChI=1S/C45H66N6O3/c1-27-31-24-42(6)34(41(4,5)37(31)48-47-27)9-12-43(7)35(42)23-30(28-11-20-54-33(28)26-51-18-21-53-22-19-51)36-32-25-40(2,3)13-15-45(32,16-14-44(36,43)8)38-29(10-17-46)39(52)50-49-38/h11,20,32,34-35H,9-10,12-19,21-26,46H2,1-8H3,(H,47,48)(H2,49,50,52)/t32-,34-,35?,42-,43+,44+,45-/m0/s1. The number of furan rings is 1. The summed E-state index contributed by atoms with van der Waals surface area (Å²) in [6.45, 7) is 25.0. The van der Waals surface area contributed by atoms with Crippen LogP contribution in [0, 0.1) is 46.3 Å². The van der Waals surface area contributed by atoms with Gasteiger partial charge in [0.05, 0.1) is 37.4 Å². The highest BCUT2D eigenvalue weighted by atomic mass is 16.5. The van der Waals surface area contributed by atoms with E-state index in [1.165, 1.54) is 35.4 Å². The zero-order valence-corrected chi connectivity index (χ0v) is 34.4. The predicted octanol–water partition coefficient (Wildman–Crippen LogP) is 8.37. The minimum atomic E-state index is -0.161. The predicted molar refractivity (Wildman–Crippen MR) is 212 cm³/mol. The Balaban J connectivity index is 1.28. The second-order valence-electron chi connectivity index (χ2n) is 20.7. The van der Waals surface area contributed by atoms with Crippen molar-refractivity contribution in [3.63, 3.8) is 0 Å². The van der Waals surface area contributed by atoms with Crippen LogP contribution in [0.15, 0.2) is 22.3 Å². The molecule has 54 heavy (non-hydrogen) atoms. The van der Waals surface area contributed by atoms with E-state index < -0.39 is 0 Å². The first-order chi connectivity index (χ1) is 25.6. The molecule has 294 valence electrons. The number of morpholine rings is 1. The first kappa shape index (κ1) is 36.7. The molecule has 3 aromatic rings. The molecule has 0 spiro atoms. The summed E-state index contributed by atoms with van der Waals surface area (Å²) in [5, 5.41) is 27.7. The molecule has 3 aromatic heterocycles. The van der Waals surface area contributed by atoms with Gasteiger partial charge >= 0.3 is 0 Å². The van der Waals surface area contributed by atoms with Gasteiger partial charge in [-0.05, 0) is 134 Å². The van der Waals surface area contributed by atoms with E-state index in [9.17, 15) is 5.11 Å². The summed E-state index contributed by atoms with van der Waals surface area (Å²) >= 11 is 0. The molecule has 0 amide bonds. The molecule has 0 radical (unpaired) electrons. The number of H-pyrrole nitrogens is 2. The number of rotatable bonds is 6. The monoisotopic (exact) mass is 739 g/mol. The van der Waals surface area contributed by atoms with Crippen molar-refractivity contribution in [2.24, 2.45) is 45.1 Å². The van der Waals surface area contributed by atoms with Gasteiger partial charge in [0.2, 0.25) is 5.88 Å². The van der Waals surface area contributed by atoms with E-state index in [4.69, 9.17) is 25.1 Å². The number of fused-ring (bicyclic) bond motifs is 8. The summed E-state index contributed by atoms with van der Waals surface area (Å²) in [5.41, 5.74) is 17.0. The summed E-state index contributed by atoms with van der Waals surface area (Å²) in [5.74, 6) is 2.64. The van der Waals surface area contributed by atoms with E-state index >= 15 is 0 Å². The highest BCUT2D eigenvalue weighted by Gasteiger charge is 2.70. The molecular formula is C45H66N6O3. The van der Waals surface area contributed by atoms with Crippen molar-refractivity contribution < 1.29 is 14.3 Å². The average Bonchev–Trinajstić information content (AvgIpc) is 3.84. The lowest BCUT2D eigenvalue weighted by Gasteiger charge is -2.71. The Bertz CT molecular complexity index is 1960. The molecule has 0 bridgehead atoms. The smallest absolute Gasteiger partial charge is 0.210 e. The van der Waals surface area contributed by atoms with Crippen LogP contribution in [0.5, 0.6) is 5.88 Å². The van der Waals surface area contributed by atoms with Gasteiger partial charge in [-0.1, -0.05) is 54.0 Å². The van der Waals surface area contributed by atoms with E-state index in [0.717, 1.165) is 94.8 Å². The number of allylic oxidation sites excluding steroid dienone is 2. The van der Waals surface area contributed by atoms with Gasteiger partial charge in [-0.2, -0.15) is 10.2 Å². The van der Waals surface area contributed by atoms with E-state index in [-0.39, 0.29) is 38.4 Å². The zero-order chi connectivity index (χ0) is 38.1. The summed E-state index contributed by atoms with van der Waals surface area (Å²) in [6.07, 6.45) is 12.7. The number of hydrogen-bond acceptors (Lipinski definition) is 7. The average molecular weight is 739 g/mol. The van der Waals surface area contributed by atoms with Crippen molar-refractivity contribution in [2.45, 2.75) is 137 Å². The molecule has 9 rings (SSSR count). The molecule has 1 aliphatic heterocycles. The molecule has 1 unspecified atom stereocenters. The van der Waals surface area contributed by atoms with Gasteiger partial charge in [0.15, 0.2) is 0 Å². The molecule has 4 heterocycles. The number of aryl methyl sites for hydroxylation is 1. The fourth-order valence-corrected chi connectivity index (χ4v) is 14.4. The Morgan fingerprint density at radius 2 is 1.69 bits per heavy atom. The molecular weight excluding hydrogens is 673 g/mol. The Kier molecular flexibility index (Phi) is 8.37. The summed E-state index contributed by atoms with van der Waals surface area (Å²) in [4.78, 5) is 2.51. The molecule has 5 N–H and O–H groups in total. The van der Waals surface area contributed by atoms with Gasteiger partial charge < -0.3 is 20.0 Å². The number of nitrogens with zero attached hydrogens (tertiary/aromatic N) is 3. The second-order valence-corrected chi connectivity index (χ2v) is 20.7. The van der Waals surface area contributed by atoms with Crippen LogP contribution in [-0.4, -0.2) is 63.2 Å². The molecule has 4 fully saturated rings. The maximum absolute atomic E-state index is 11.2. The fourth-order valence-electron chi connectivity index (χ4n) is 14.4. The topological polar surface area (TPSA) is 129 Å². The zero-order valence-electron chi connectivity index (χ0n) is 34.4. The van der Waals surface area contributed by atoms with Crippen LogP contribution in [0.3, 0.4) is 0 Å². The van der Waals surface area contributed by atoms with Crippen LogP contribution >= 0.6 is 0 Å². The van der Waals surface area contributed by atoms with Crippen molar-refractivity contribution in [3.8, 4) is 5.88 Å². The molecule has 5 aliphatic carbocycles. The lowest BCUT2D eigenvalue weighted by molar-refractivity contribution is -0.152. The molecule has 3 saturated carbocycles. The summed E-state index contributed by atoms with van der Waals surface area (Å²) < 4.78 is 12.3. The van der Waals surface area contributed by atoms with Gasteiger partial charge in [0, 0.05) is 40.7 Å². The van der Waals surface area contributed by atoms with Gasteiger partial charge in [-0.3, -0.25) is 10.00 Å². The van der Waals surface area contributed by atoms with Crippen LogP contribution in [0.25, 0.3) is 5.57 Å². The maximum Gasteiger partial charge on any atom is 0.210 e. The van der Waals surface area contributed by atoms with Crippen molar-refractivity contribution >= 4 is 5.57 Å². The Hall–Kier alpha value is -2.88. The lowest BCUT2D eigenvalue weighted by Crippen LogP contribution is -2.65. The van der Waals surface area contributed by atoms with Crippen molar-refractivity contribution in [2.75, 3.05) is 32.8 Å². The van der Waals surface area contributed by atoms with Crippen LogP contribution in [-0.2, 0) is 35.0 Å². The highest BCUT2D eigenvalue weighted by molar-refractivity contribution is 5.75. The Morgan fingerprint density at radius 3 is 2.44 bits per heavy atom. The number of aromatic nitrogens is 4. The quantitative estimate of drug-likeness (QED) is 0.200. The number of aromatic hydroxyl groups is 1. The maximum atomic E-state index is 11.2. The summed E-state index contributed by atoms with van der Waals surface area (Å²) in [7, 11) is 0. The van der Waals surface area contributed by atoms with Crippen molar-refractivity contribution in [3.05, 3.63) is 57.4 Å². The second kappa shape index (κ2) is 12.3. The minimum absolute atomic E-state index is 0.00687. The van der Waals surface area contributed by atoms with Gasteiger partial charge in [-0.15, -0.1) is 0 Å². The van der Waals surface area contributed by atoms with Gasteiger partial charge in [0.25, 0.3) is 0 Å². The molecule has 0 aromatic carbocycles. The summed E-state index contributed by atoms with van der Waals surface area (Å²) in [6, 6.07) is 2.32. The van der Waals surface area contributed by atoms with E-state index in [0.29, 0.717) is 30.7 Å². The molecule has 1 saturated heterocycles. The van der Waals surface area contributed by atoms with E-state index in [1.54, 1.807) is 11.1 Å². The third-order valence-electron chi connectivity index (χ3n) is 17.4. The van der Waals surface area contributed by atoms with Crippen LogP contribution in [0.1, 0.15) is 139 Å². The van der Waals surface area contributed by atoms with Crippen LogP contribution in [0.4, 0.5) is 0 Å². The number of ether oxygens (including phenoxy) is 1. The van der Waals surface area contributed by atoms with Crippen LogP contribution in [0.2, 0.25) is 0 Å². The minimum Gasteiger partial charge on any atom is -0.493 e. The van der Waals surface area contributed by atoms with Gasteiger partial charge in [0.1, 0.15) is 5.76 Å². The van der Waals surface area contributed by atoms with Crippen molar-refractivity contribution in [1.29, 1.82) is 0 Å². The van der Waals surface area contributed by atoms with Crippen LogP contribution < -0.4 is 5.73 Å². The highest BCUT2D eigenvalue weighted by Crippen LogP contribution is 2.77. The number of nitrogens with one attached hydrogen (secondary N) is 2. The molecule has 6 aliphatic rings. The molecule has 9 nitrogen and oxygen atoms in total. The SMILES string of the molecule is Cc1[nH]nc2c1C[C@]1(C)C3CC(c4ccoc4CN4CCOCC4)=C4[C@@H]5CC(C)(C)CC[C@]5(c5n[nH]c(O)c5CCN)CC[C@@]4(C)[C@]3(C)CC[C@H]1C2(C)C. The molecule has 7 atom stereocenters. The fraction of sp³-hybridized carbons (Fsp3) is 0.733. The van der Waals surface area contributed by atoms with Gasteiger partial charge in [-0.25, -0.2) is 5.10 Å². The van der Waals surface area contributed by atoms with Crippen molar-refractivity contribution in [1.82, 2.24) is 25.3 Å². The number of hydrogen-bond donors (Lipinski definition) is 4.